The summed E-state index contributed by atoms with van der Waals surface area (Å²) >= 11 is 0. The van der Waals surface area contributed by atoms with Crippen molar-refractivity contribution in [3.63, 3.8) is 0 Å². The Labute approximate surface area is 130 Å². The van der Waals surface area contributed by atoms with E-state index in [-0.39, 0.29) is 11.9 Å². The maximum atomic E-state index is 12.6. The summed E-state index contributed by atoms with van der Waals surface area (Å²) in [5.74, 6) is 0.910. The zero-order chi connectivity index (χ0) is 15.5. The number of ether oxygens (including phenoxy) is 2. The zero-order valence-electron chi connectivity index (χ0n) is 13.2. The van der Waals surface area contributed by atoms with E-state index in [1.54, 1.807) is 7.11 Å². The van der Waals surface area contributed by atoms with Gasteiger partial charge in [0, 0.05) is 17.1 Å². The molecular formula is C18H23NO3. The first-order valence-corrected chi connectivity index (χ1v) is 8.06. The van der Waals surface area contributed by atoms with Gasteiger partial charge < -0.3 is 14.5 Å². The molecule has 118 valence electrons. The molecule has 0 amide bonds. The van der Waals surface area contributed by atoms with Crippen molar-refractivity contribution in [2.45, 2.75) is 38.5 Å². The number of H-pyrrole nitrogens is 1. The van der Waals surface area contributed by atoms with Gasteiger partial charge >= 0.3 is 5.97 Å². The second-order valence-corrected chi connectivity index (χ2v) is 5.93. The van der Waals surface area contributed by atoms with Gasteiger partial charge in [-0.1, -0.05) is 12.8 Å². The molecule has 1 atom stereocenters. The second kappa shape index (κ2) is 6.42. The lowest BCUT2D eigenvalue weighted by molar-refractivity contribution is -0.146. The molecule has 1 N–H and O–H groups in total. The summed E-state index contributed by atoms with van der Waals surface area (Å²) in [4.78, 5) is 15.8. The number of nitrogens with one attached hydrogen (secondary N) is 1. The van der Waals surface area contributed by atoms with Crippen molar-refractivity contribution in [1.82, 2.24) is 4.98 Å². The molecule has 2 aromatic rings. The fraction of sp³-hybridized carbons (Fsp3) is 0.500. The minimum atomic E-state index is -0.177. The maximum absolute atomic E-state index is 12.6. The highest BCUT2D eigenvalue weighted by molar-refractivity contribution is 5.91. The number of rotatable bonds is 5. The first-order chi connectivity index (χ1) is 10.7. The van der Waals surface area contributed by atoms with Crippen molar-refractivity contribution in [3.8, 4) is 5.75 Å². The lowest BCUT2D eigenvalue weighted by Crippen LogP contribution is -2.22. The monoisotopic (exact) mass is 301 g/mol. The van der Waals surface area contributed by atoms with Gasteiger partial charge in [-0.3, -0.25) is 4.79 Å². The van der Waals surface area contributed by atoms with E-state index in [4.69, 9.17) is 9.47 Å². The number of hydrogen-bond acceptors (Lipinski definition) is 3. The van der Waals surface area contributed by atoms with Crippen LogP contribution in [-0.4, -0.2) is 24.7 Å². The van der Waals surface area contributed by atoms with Crippen LogP contribution in [0.25, 0.3) is 10.9 Å². The number of aromatic amines is 1. The molecule has 1 aromatic heterocycles. The van der Waals surface area contributed by atoms with Crippen molar-refractivity contribution in [1.29, 1.82) is 0 Å². The molecule has 0 saturated heterocycles. The van der Waals surface area contributed by atoms with Crippen molar-refractivity contribution < 1.29 is 14.3 Å². The number of fused-ring (bicyclic) bond motifs is 1. The second-order valence-electron chi connectivity index (χ2n) is 5.93. The summed E-state index contributed by atoms with van der Waals surface area (Å²) in [5.41, 5.74) is 2.07. The summed E-state index contributed by atoms with van der Waals surface area (Å²) in [6.45, 7) is 2.29. The Balaban J connectivity index is 2.04. The average Bonchev–Trinajstić information content (AvgIpc) is 3.18. The first kappa shape index (κ1) is 14.9. The lowest BCUT2D eigenvalue weighted by atomic mass is 9.84. The molecule has 0 aliphatic heterocycles. The van der Waals surface area contributed by atoms with Crippen molar-refractivity contribution in [2.75, 3.05) is 13.7 Å². The minimum Gasteiger partial charge on any atom is -0.497 e. The van der Waals surface area contributed by atoms with E-state index in [1.165, 1.54) is 12.8 Å². The van der Waals surface area contributed by atoms with Crippen LogP contribution in [0.3, 0.4) is 0 Å². The number of aromatic nitrogens is 1. The van der Waals surface area contributed by atoms with Gasteiger partial charge in [0.05, 0.1) is 19.6 Å². The van der Waals surface area contributed by atoms with Gasteiger partial charge in [-0.25, -0.2) is 0 Å². The summed E-state index contributed by atoms with van der Waals surface area (Å²) in [7, 11) is 1.66. The molecule has 0 spiro atoms. The number of benzene rings is 1. The molecule has 3 rings (SSSR count). The summed E-state index contributed by atoms with van der Waals surface area (Å²) in [6, 6.07) is 5.93. The Morgan fingerprint density at radius 2 is 2.14 bits per heavy atom. The van der Waals surface area contributed by atoms with E-state index in [2.05, 4.69) is 4.98 Å². The van der Waals surface area contributed by atoms with Gasteiger partial charge in [0.1, 0.15) is 5.75 Å². The highest BCUT2D eigenvalue weighted by Gasteiger charge is 2.34. The Bertz CT molecular complexity index is 655. The molecule has 0 radical (unpaired) electrons. The highest BCUT2D eigenvalue weighted by atomic mass is 16.5. The van der Waals surface area contributed by atoms with E-state index < -0.39 is 0 Å². The van der Waals surface area contributed by atoms with Crippen LogP contribution in [0.4, 0.5) is 0 Å². The van der Waals surface area contributed by atoms with E-state index in [0.29, 0.717) is 12.5 Å². The smallest absolute Gasteiger partial charge is 0.313 e. The normalized spacial score (nSPS) is 16.8. The molecule has 1 aliphatic carbocycles. The topological polar surface area (TPSA) is 51.3 Å². The Morgan fingerprint density at radius 3 is 2.82 bits per heavy atom. The molecular weight excluding hydrogens is 278 g/mol. The first-order valence-electron chi connectivity index (χ1n) is 8.06. The van der Waals surface area contributed by atoms with Crippen LogP contribution in [0.5, 0.6) is 5.75 Å². The number of esters is 1. The van der Waals surface area contributed by atoms with Gasteiger partial charge in [-0.15, -0.1) is 0 Å². The van der Waals surface area contributed by atoms with Crippen LogP contribution in [0.2, 0.25) is 0 Å². The van der Waals surface area contributed by atoms with Gasteiger partial charge in [-0.2, -0.15) is 0 Å². The van der Waals surface area contributed by atoms with Crippen molar-refractivity contribution in [3.05, 3.63) is 30.0 Å². The van der Waals surface area contributed by atoms with Crippen LogP contribution in [-0.2, 0) is 9.53 Å². The Morgan fingerprint density at radius 1 is 1.36 bits per heavy atom. The van der Waals surface area contributed by atoms with Gasteiger partial charge in [0.2, 0.25) is 0 Å². The fourth-order valence-corrected chi connectivity index (χ4v) is 3.60. The van der Waals surface area contributed by atoms with E-state index in [0.717, 1.165) is 35.1 Å². The van der Waals surface area contributed by atoms with E-state index in [1.807, 2.05) is 31.3 Å². The molecule has 1 fully saturated rings. The number of carbonyl (C=O) groups excluding carboxylic acids is 1. The SMILES string of the molecule is CCOC(=O)C(c1c[nH]c2ccc(OC)cc12)C1CCCC1. The number of methoxy groups -OCH3 is 1. The third-order valence-electron chi connectivity index (χ3n) is 4.67. The predicted molar refractivity (Wildman–Crippen MR) is 86.2 cm³/mol. The van der Waals surface area contributed by atoms with Crippen LogP contribution in [0.15, 0.2) is 24.4 Å². The molecule has 1 heterocycles. The quantitative estimate of drug-likeness (QED) is 0.849. The predicted octanol–water partition coefficient (Wildman–Crippen LogP) is 4.01. The maximum Gasteiger partial charge on any atom is 0.313 e. The molecule has 4 heteroatoms. The number of hydrogen-bond donors (Lipinski definition) is 1. The fourth-order valence-electron chi connectivity index (χ4n) is 3.60. The zero-order valence-corrected chi connectivity index (χ0v) is 13.2. The van der Waals surface area contributed by atoms with Crippen LogP contribution in [0, 0.1) is 5.92 Å². The van der Waals surface area contributed by atoms with Crippen LogP contribution >= 0.6 is 0 Å². The van der Waals surface area contributed by atoms with Crippen LogP contribution < -0.4 is 4.74 Å². The standard InChI is InChI=1S/C18H23NO3/c1-3-22-18(20)17(12-6-4-5-7-12)15-11-19-16-9-8-13(21-2)10-14(15)16/h8-12,17,19H,3-7H2,1-2H3. The molecule has 1 aromatic carbocycles. The molecule has 1 aliphatic rings. The Hall–Kier alpha value is -1.97. The summed E-state index contributed by atoms with van der Waals surface area (Å²) < 4.78 is 10.7. The van der Waals surface area contributed by atoms with Gasteiger partial charge in [0.15, 0.2) is 0 Å². The third kappa shape index (κ3) is 2.70. The van der Waals surface area contributed by atoms with Crippen molar-refractivity contribution in [2.24, 2.45) is 5.92 Å². The van der Waals surface area contributed by atoms with Gasteiger partial charge in [-0.05, 0) is 49.4 Å². The molecule has 1 saturated carbocycles. The van der Waals surface area contributed by atoms with Crippen molar-refractivity contribution >= 4 is 16.9 Å². The van der Waals surface area contributed by atoms with Crippen LogP contribution in [0.1, 0.15) is 44.1 Å². The Kier molecular flexibility index (Phi) is 4.36. The highest BCUT2D eigenvalue weighted by Crippen LogP contribution is 2.41. The average molecular weight is 301 g/mol. The largest absolute Gasteiger partial charge is 0.497 e. The summed E-state index contributed by atoms with van der Waals surface area (Å²) in [6.07, 6.45) is 6.56. The molecule has 1 unspecified atom stereocenters. The molecule has 22 heavy (non-hydrogen) atoms. The van der Waals surface area contributed by atoms with E-state index >= 15 is 0 Å². The van der Waals surface area contributed by atoms with E-state index in [9.17, 15) is 4.79 Å². The van der Waals surface area contributed by atoms with Gasteiger partial charge in [0.25, 0.3) is 0 Å². The third-order valence-corrected chi connectivity index (χ3v) is 4.67. The summed E-state index contributed by atoms with van der Waals surface area (Å²) in [5, 5.41) is 1.06. The molecule has 4 nitrogen and oxygen atoms in total. The lowest BCUT2D eigenvalue weighted by Gasteiger charge is -2.21. The number of carbonyl (C=O) groups is 1. The minimum absolute atomic E-state index is 0.0990. The molecule has 0 bridgehead atoms.